The molecule has 25 heavy (non-hydrogen) atoms. The van der Waals surface area contributed by atoms with Gasteiger partial charge in [0.25, 0.3) is 0 Å². The van der Waals surface area contributed by atoms with Crippen molar-refractivity contribution in [1.82, 2.24) is 9.80 Å². The minimum Gasteiger partial charge on any atom is -0.367 e. The summed E-state index contributed by atoms with van der Waals surface area (Å²) in [7, 11) is 0. The number of nitrogens with zero attached hydrogens (tertiary/aromatic N) is 3. The lowest BCUT2D eigenvalue weighted by Gasteiger charge is -2.43. The summed E-state index contributed by atoms with van der Waals surface area (Å²) in [6, 6.07) is 5.83. The van der Waals surface area contributed by atoms with Crippen LogP contribution in [-0.2, 0) is 6.18 Å². The van der Waals surface area contributed by atoms with Gasteiger partial charge in [0.15, 0.2) is 0 Å². The molecule has 4 rings (SSSR count). The first kappa shape index (κ1) is 16.5. The Morgan fingerprint density at radius 1 is 0.960 bits per heavy atom. The van der Waals surface area contributed by atoms with Crippen LogP contribution in [0.2, 0.25) is 0 Å². The molecule has 0 aliphatic carbocycles. The van der Waals surface area contributed by atoms with Crippen LogP contribution in [0.3, 0.4) is 0 Å². The minimum atomic E-state index is -4.31. The van der Waals surface area contributed by atoms with Gasteiger partial charge in [-0.1, -0.05) is 0 Å². The van der Waals surface area contributed by atoms with E-state index in [1.807, 2.05) is 9.80 Å². The molecule has 136 valence electrons. The minimum absolute atomic E-state index is 0.150. The Morgan fingerprint density at radius 2 is 1.52 bits per heavy atom. The van der Waals surface area contributed by atoms with Crippen molar-refractivity contribution in [3.05, 3.63) is 29.8 Å². The molecular weight excluding hydrogens is 331 g/mol. The van der Waals surface area contributed by atoms with E-state index in [-0.39, 0.29) is 18.1 Å². The number of piperazine rings is 1. The Morgan fingerprint density at radius 3 is 2.04 bits per heavy atom. The normalized spacial score (nSPS) is 26.4. The third-order valence-electron chi connectivity index (χ3n) is 5.64. The molecule has 0 saturated carbocycles. The number of halogens is 3. The van der Waals surface area contributed by atoms with E-state index in [1.54, 1.807) is 12.1 Å². The molecule has 4 nitrogen and oxygen atoms in total. The largest absolute Gasteiger partial charge is 0.416 e. The number of amides is 2. The molecule has 1 aromatic carbocycles. The molecule has 2 bridgehead atoms. The van der Waals surface area contributed by atoms with Crippen LogP contribution >= 0.6 is 0 Å². The fourth-order valence-electron chi connectivity index (χ4n) is 4.36. The number of urea groups is 1. The van der Waals surface area contributed by atoms with Crippen LogP contribution in [0.1, 0.15) is 31.2 Å². The van der Waals surface area contributed by atoms with Crippen molar-refractivity contribution in [1.29, 1.82) is 0 Å². The zero-order valence-electron chi connectivity index (χ0n) is 14.0. The molecule has 3 aliphatic heterocycles. The van der Waals surface area contributed by atoms with Gasteiger partial charge in [-0.3, -0.25) is 0 Å². The summed E-state index contributed by atoms with van der Waals surface area (Å²) >= 11 is 0. The van der Waals surface area contributed by atoms with E-state index in [2.05, 4.69) is 4.90 Å². The molecule has 0 aromatic heterocycles. The zero-order chi connectivity index (χ0) is 17.6. The van der Waals surface area contributed by atoms with Crippen LogP contribution < -0.4 is 4.90 Å². The summed E-state index contributed by atoms with van der Waals surface area (Å²) in [4.78, 5) is 18.9. The lowest BCUT2D eigenvalue weighted by atomic mass is 10.1. The van der Waals surface area contributed by atoms with E-state index in [4.69, 9.17) is 0 Å². The van der Waals surface area contributed by atoms with E-state index in [1.165, 1.54) is 0 Å². The fraction of sp³-hybridized carbons (Fsp3) is 0.611. The summed E-state index contributed by atoms with van der Waals surface area (Å²) in [6.45, 7) is 3.08. The van der Waals surface area contributed by atoms with E-state index in [0.29, 0.717) is 13.1 Å². The number of likely N-dealkylation sites (tertiary alicyclic amines) is 1. The van der Waals surface area contributed by atoms with Crippen LogP contribution in [0.5, 0.6) is 0 Å². The Hall–Kier alpha value is -1.92. The molecule has 3 fully saturated rings. The quantitative estimate of drug-likeness (QED) is 0.772. The van der Waals surface area contributed by atoms with Gasteiger partial charge in [-0.25, -0.2) is 4.79 Å². The molecule has 0 N–H and O–H groups in total. The first-order chi connectivity index (χ1) is 11.9. The van der Waals surface area contributed by atoms with E-state index >= 15 is 0 Å². The number of alkyl halides is 3. The Labute approximate surface area is 145 Å². The molecule has 0 spiro atoms. The predicted octanol–water partition coefficient (Wildman–Crippen LogP) is 3.57. The molecule has 0 radical (unpaired) electrons. The number of hydrogen-bond acceptors (Lipinski definition) is 2. The third kappa shape index (κ3) is 3.04. The molecule has 1 aromatic rings. The van der Waals surface area contributed by atoms with Gasteiger partial charge in [0.05, 0.1) is 17.6 Å². The summed E-state index contributed by atoms with van der Waals surface area (Å²) in [5.41, 5.74) is 0.181. The van der Waals surface area contributed by atoms with Crippen LogP contribution in [-0.4, -0.2) is 54.1 Å². The number of rotatable bonds is 1. The highest BCUT2D eigenvalue weighted by molar-refractivity contribution is 5.76. The highest BCUT2D eigenvalue weighted by atomic mass is 19.4. The average Bonchev–Trinajstić information content (AvgIpc) is 3.20. The van der Waals surface area contributed by atoms with E-state index in [9.17, 15) is 18.0 Å². The number of hydrogen-bond donors (Lipinski definition) is 0. The van der Waals surface area contributed by atoms with Gasteiger partial charge in [-0.05, 0) is 49.9 Å². The molecular formula is C18H22F3N3O. The van der Waals surface area contributed by atoms with Crippen molar-refractivity contribution in [2.24, 2.45) is 0 Å². The Bertz CT molecular complexity index is 626. The van der Waals surface area contributed by atoms with Crippen LogP contribution in [0.25, 0.3) is 0 Å². The van der Waals surface area contributed by atoms with Crippen molar-refractivity contribution < 1.29 is 18.0 Å². The third-order valence-corrected chi connectivity index (χ3v) is 5.64. The van der Waals surface area contributed by atoms with Crippen molar-refractivity contribution in [3.63, 3.8) is 0 Å². The molecule has 3 saturated heterocycles. The number of benzene rings is 1. The van der Waals surface area contributed by atoms with Gasteiger partial charge in [0, 0.05) is 31.9 Å². The van der Waals surface area contributed by atoms with Gasteiger partial charge in [0.1, 0.15) is 0 Å². The van der Waals surface area contributed by atoms with Gasteiger partial charge >= 0.3 is 12.2 Å². The van der Waals surface area contributed by atoms with Crippen LogP contribution in [0.4, 0.5) is 23.7 Å². The van der Waals surface area contributed by atoms with Crippen molar-refractivity contribution in [2.45, 2.75) is 43.9 Å². The second kappa shape index (κ2) is 6.11. The van der Waals surface area contributed by atoms with Crippen molar-refractivity contribution >= 4 is 11.7 Å². The van der Waals surface area contributed by atoms with Gasteiger partial charge in [0.2, 0.25) is 0 Å². The monoisotopic (exact) mass is 353 g/mol. The van der Waals surface area contributed by atoms with Crippen LogP contribution in [0.15, 0.2) is 24.3 Å². The highest BCUT2D eigenvalue weighted by Crippen LogP contribution is 2.35. The van der Waals surface area contributed by atoms with Crippen LogP contribution in [0, 0.1) is 0 Å². The molecule has 7 heteroatoms. The fourth-order valence-corrected chi connectivity index (χ4v) is 4.36. The van der Waals surface area contributed by atoms with Crippen molar-refractivity contribution in [3.8, 4) is 0 Å². The Kier molecular flexibility index (Phi) is 4.04. The lowest BCUT2D eigenvalue weighted by Crippen LogP contribution is -2.58. The van der Waals surface area contributed by atoms with Crippen molar-refractivity contribution in [2.75, 3.05) is 31.1 Å². The lowest BCUT2D eigenvalue weighted by molar-refractivity contribution is -0.137. The molecule has 2 amide bonds. The summed E-state index contributed by atoms with van der Waals surface area (Å²) in [5, 5.41) is 0. The second-order valence-electron chi connectivity index (χ2n) is 7.22. The number of anilines is 1. The average molecular weight is 353 g/mol. The summed E-state index contributed by atoms with van der Waals surface area (Å²) in [6.07, 6.45) is -0.208. The highest BCUT2D eigenvalue weighted by Gasteiger charge is 2.44. The first-order valence-corrected chi connectivity index (χ1v) is 8.93. The second-order valence-corrected chi connectivity index (χ2v) is 7.22. The smallest absolute Gasteiger partial charge is 0.367 e. The number of fused-ring (bicyclic) bond motifs is 2. The van der Waals surface area contributed by atoms with E-state index < -0.39 is 11.7 Å². The molecule has 2 atom stereocenters. The zero-order valence-corrected chi connectivity index (χ0v) is 14.0. The SMILES string of the molecule is O=C(N1CCCC1)N1C2CCC1CN(c1ccc(C(F)(F)F)cc1)C2. The summed E-state index contributed by atoms with van der Waals surface area (Å²) in [5.74, 6) is 0. The predicted molar refractivity (Wildman–Crippen MR) is 88.5 cm³/mol. The van der Waals surface area contributed by atoms with Gasteiger partial charge in [-0.15, -0.1) is 0 Å². The topological polar surface area (TPSA) is 26.8 Å². The maximum absolute atomic E-state index is 12.8. The first-order valence-electron chi connectivity index (χ1n) is 8.93. The molecule has 2 unspecified atom stereocenters. The molecule has 3 heterocycles. The van der Waals surface area contributed by atoms with Gasteiger partial charge < -0.3 is 14.7 Å². The van der Waals surface area contributed by atoms with Gasteiger partial charge in [-0.2, -0.15) is 13.2 Å². The number of carbonyl (C=O) groups is 1. The Balaban J connectivity index is 1.47. The van der Waals surface area contributed by atoms with E-state index in [0.717, 1.165) is 56.6 Å². The maximum atomic E-state index is 12.8. The number of carbonyl (C=O) groups excluding carboxylic acids is 1. The molecule has 3 aliphatic rings. The summed E-state index contributed by atoms with van der Waals surface area (Å²) < 4.78 is 38.2. The standard InChI is InChI=1S/C18H22F3N3O/c19-18(20,21)13-3-5-14(6-4-13)23-11-15-7-8-16(12-23)24(15)17(25)22-9-1-2-10-22/h3-6,15-16H,1-2,7-12H2. The maximum Gasteiger partial charge on any atom is 0.416 e.